The molecule has 0 bridgehead atoms. The van der Waals surface area contributed by atoms with E-state index in [-0.39, 0.29) is 16.7 Å². The van der Waals surface area contributed by atoms with Crippen LogP contribution in [0.15, 0.2) is 54.6 Å². The number of ether oxygens (including phenoxy) is 1. The van der Waals surface area contributed by atoms with Crippen molar-refractivity contribution in [1.82, 2.24) is 0 Å². The quantitative estimate of drug-likeness (QED) is 0.478. The molecule has 0 spiro atoms. The normalized spacial score (nSPS) is 11.4. The van der Waals surface area contributed by atoms with Crippen LogP contribution in [0.4, 0.5) is 13.2 Å². The van der Waals surface area contributed by atoms with Crippen molar-refractivity contribution < 1.29 is 17.9 Å². The Hall–Kier alpha value is -2.75. The Balaban J connectivity index is 2.04. The summed E-state index contributed by atoms with van der Waals surface area (Å²) in [6.45, 7) is 1.97. The fourth-order valence-corrected chi connectivity index (χ4v) is 3.00. The molecule has 26 heavy (non-hydrogen) atoms. The molecular weight excluding hydrogens is 337 g/mol. The number of rotatable bonds is 5. The summed E-state index contributed by atoms with van der Waals surface area (Å²) in [5.41, 5.74) is 1.78. The molecule has 0 heterocycles. The third-order valence-electron chi connectivity index (χ3n) is 4.41. The van der Waals surface area contributed by atoms with Crippen molar-refractivity contribution in [3.05, 3.63) is 77.6 Å². The largest absolute Gasteiger partial charge is 0.494 e. The highest BCUT2D eigenvalue weighted by molar-refractivity contribution is 5.90. The number of methoxy groups -OCH3 is 1. The van der Waals surface area contributed by atoms with E-state index in [1.807, 2.05) is 25.1 Å². The van der Waals surface area contributed by atoms with Gasteiger partial charge in [0.05, 0.1) is 12.5 Å². The number of fused-ring (bicyclic) bond motifs is 1. The molecular formula is C22H19F3O. The Morgan fingerprint density at radius 2 is 1.65 bits per heavy atom. The van der Waals surface area contributed by atoms with E-state index in [1.165, 1.54) is 25.3 Å². The molecule has 0 fully saturated rings. The maximum absolute atomic E-state index is 14.6. The molecule has 0 N–H and O–H groups in total. The van der Waals surface area contributed by atoms with Crippen molar-refractivity contribution in [3.8, 4) is 16.9 Å². The van der Waals surface area contributed by atoms with E-state index in [0.717, 1.165) is 18.4 Å². The van der Waals surface area contributed by atoms with Gasteiger partial charge in [0.2, 0.25) is 0 Å². The standard InChI is InChI=1S/C22H19F3O/c1-3-4-5-6-14-7-9-15(10-8-14)17-13-16-11-12-18(26-2)21(24)19(16)22(25)20(17)23/h3-4,7-13H,5-6H2,1-2H3/b4-3+. The molecule has 0 aliphatic carbocycles. The molecule has 134 valence electrons. The molecule has 0 unspecified atom stereocenters. The van der Waals surface area contributed by atoms with Crippen molar-refractivity contribution >= 4 is 10.8 Å². The second-order valence-electron chi connectivity index (χ2n) is 6.04. The summed E-state index contributed by atoms with van der Waals surface area (Å²) in [6.07, 6.45) is 5.88. The van der Waals surface area contributed by atoms with Crippen LogP contribution in [0.2, 0.25) is 0 Å². The van der Waals surface area contributed by atoms with Crippen LogP contribution >= 0.6 is 0 Å². The molecule has 0 saturated carbocycles. The van der Waals surface area contributed by atoms with Crippen LogP contribution in [-0.2, 0) is 6.42 Å². The topological polar surface area (TPSA) is 9.23 Å². The number of benzene rings is 3. The zero-order valence-electron chi connectivity index (χ0n) is 14.7. The predicted octanol–water partition coefficient (Wildman–Crippen LogP) is 6.44. The van der Waals surface area contributed by atoms with Gasteiger partial charge in [-0.3, -0.25) is 0 Å². The van der Waals surface area contributed by atoms with E-state index < -0.39 is 22.8 Å². The third-order valence-corrected chi connectivity index (χ3v) is 4.41. The Bertz CT molecular complexity index is 960. The van der Waals surface area contributed by atoms with Gasteiger partial charge in [-0.1, -0.05) is 42.5 Å². The third kappa shape index (κ3) is 3.32. The maximum atomic E-state index is 14.6. The molecule has 3 rings (SSSR count). The van der Waals surface area contributed by atoms with Crippen molar-refractivity contribution in [2.75, 3.05) is 7.11 Å². The van der Waals surface area contributed by atoms with Gasteiger partial charge in [0.25, 0.3) is 0 Å². The van der Waals surface area contributed by atoms with Crippen LogP contribution < -0.4 is 4.74 Å². The molecule has 0 aliphatic rings. The molecule has 0 aromatic heterocycles. The van der Waals surface area contributed by atoms with Gasteiger partial charge in [-0.25, -0.2) is 13.2 Å². The molecule has 1 nitrogen and oxygen atoms in total. The molecule has 0 atom stereocenters. The van der Waals surface area contributed by atoms with Crippen LogP contribution in [0.5, 0.6) is 5.75 Å². The first kappa shape index (κ1) is 18.1. The van der Waals surface area contributed by atoms with Crippen LogP contribution in [0, 0.1) is 17.5 Å². The van der Waals surface area contributed by atoms with Gasteiger partial charge in [-0.2, -0.15) is 0 Å². The Labute approximate surface area is 150 Å². The highest BCUT2D eigenvalue weighted by atomic mass is 19.2. The minimum atomic E-state index is -1.20. The van der Waals surface area contributed by atoms with Gasteiger partial charge >= 0.3 is 0 Å². The van der Waals surface area contributed by atoms with Crippen molar-refractivity contribution in [1.29, 1.82) is 0 Å². The molecule has 3 aromatic carbocycles. The first-order valence-corrected chi connectivity index (χ1v) is 8.41. The maximum Gasteiger partial charge on any atom is 0.175 e. The summed E-state index contributed by atoms with van der Waals surface area (Å²) in [7, 11) is 1.28. The lowest BCUT2D eigenvalue weighted by atomic mass is 9.98. The van der Waals surface area contributed by atoms with E-state index in [4.69, 9.17) is 4.74 Å². The number of allylic oxidation sites excluding steroid dienone is 2. The van der Waals surface area contributed by atoms with E-state index in [0.29, 0.717) is 5.56 Å². The van der Waals surface area contributed by atoms with E-state index in [2.05, 4.69) is 6.08 Å². The Kier molecular flexibility index (Phi) is 5.31. The summed E-state index contributed by atoms with van der Waals surface area (Å²) in [6, 6.07) is 11.7. The Morgan fingerprint density at radius 3 is 2.31 bits per heavy atom. The summed E-state index contributed by atoms with van der Waals surface area (Å²) in [5.74, 6) is -3.28. The molecule has 0 aliphatic heterocycles. The van der Waals surface area contributed by atoms with Crippen LogP contribution in [-0.4, -0.2) is 7.11 Å². The first-order valence-electron chi connectivity index (χ1n) is 8.41. The summed E-state index contributed by atoms with van der Waals surface area (Å²) in [5, 5.41) is -0.108. The summed E-state index contributed by atoms with van der Waals surface area (Å²) >= 11 is 0. The molecule has 4 heteroatoms. The highest BCUT2D eigenvalue weighted by Crippen LogP contribution is 2.35. The number of hydrogen-bond donors (Lipinski definition) is 0. The molecule has 0 radical (unpaired) electrons. The number of hydrogen-bond acceptors (Lipinski definition) is 1. The summed E-state index contributed by atoms with van der Waals surface area (Å²) in [4.78, 5) is 0. The molecule has 0 saturated heterocycles. The number of halogens is 3. The number of aryl methyl sites for hydroxylation is 1. The van der Waals surface area contributed by atoms with Crippen molar-refractivity contribution in [3.63, 3.8) is 0 Å². The van der Waals surface area contributed by atoms with E-state index in [1.54, 1.807) is 12.1 Å². The lowest BCUT2D eigenvalue weighted by Crippen LogP contribution is -1.97. The predicted molar refractivity (Wildman–Crippen MR) is 98.9 cm³/mol. The van der Waals surface area contributed by atoms with Crippen LogP contribution in [0.25, 0.3) is 21.9 Å². The lowest BCUT2D eigenvalue weighted by Gasteiger charge is -2.11. The van der Waals surface area contributed by atoms with Gasteiger partial charge in [0.15, 0.2) is 23.2 Å². The van der Waals surface area contributed by atoms with E-state index >= 15 is 0 Å². The van der Waals surface area contributed by atoms with Gasteiger partial charge < -0.3 is 4.74 Å². The Morgan fingerprint density at radius 1 is 0.923 bits per heavy atom. The van der Waals surface area contributed by atoms with Gasteiger partial charge in [0.1, 0.15) is 0 Å². The fourth-order valence-electron chi connectivity index (χ4n) is 3.00. The molecule has 0 amide bonds. The van der Waals surface area contributed by atoms with Crippen LogP contribution in [0.3, 0.4) is 0 Å². The second-order valence-corrected chi connectivity index (χ2v) is 6.04. The zero-order chi connectivity index (χ0) is 18.7. The highest BCUT2D eigenvalue weighted by Gasteiger charge is 2.19. The monoisotopic (exact) mass is 356 g/mol. The van der Waals surface area contributed by atoms with E-state index in [9.17, 15) is 13.2 Å². The minimum absolute atomic E-state index is 0.111. The SMILES string of the molecule is C/C=C/CCc1ccc(-c2cc3ccc(OC)c(F)c3c(F)c2F)cc1. The van der Waals surface area contributed by atoms with Crippen molar-refractivity contribution in [2.45, 2.75) is 19.8 Å². The van der Waals surface area contributed by atoms with Crippen LogP contribution in [0.1, 0.15) is 18.9 Å². The zero-order valence-corrected chi connectivity index (χ0v) is 14.7. The smallest absolute Gasteiger partial charge is 0.175 e. The molecule has 3 aromatic rings. The fraction of sp³-hybridized carbons (Fsp3) is 0.182. The second kappa shape index (κ2) is 7.65. The lowest BCUT2D eigenvalue weighted by molar-refractivity contribution is 0.388. The average molecular weight is 356 g/mol. The summed E-state index contributed by atoms with van der Waals surface area (Å²) < 4.78 is 48.3. The van der Waals surface area contributed by atoms with Gasteiger partial charge in [-0.15, -0.1) is 0 Å². The van der Waals surface area contributed by atoms with Crippen molar-refractivity contribution in [2.24, 2.45) is 0 Å². The minimum Gasteiger partial charge on any atom is -0.494 e. The van der Waals surface area contributed by atoms with Gasteiger partial charge in [0, 0.05) is 5.56 Å². The van der Waals surface area contributed by atoms with Gasteiger partial charge in [-0.05, 0) is 48.4 Å². The average Bonchev–Trinajstić information content (AvgIpc) is 2.65. The first-order chi connectivity index (χ1) is 12.6.